The number of carbonyl (C=O) groups excluding carboxylic acids is 1. The summed E-state index contributed by atoms with van der Waals surface area (Å²) < 4.78 is 0. The summed E-state index contributed by atoms with van der Waals surface area (Å²) in [5.74, 6) is 0.142. The largest absolute Gasteiger partial charge is 0.362 e. The molecule has 116 valence electrons. The lowest BCUT2D eigenvalue weighted by molar-refractivity contribution is 0.0375. The van der Waals surface area contributed by atoms with Gasteiger partial charge in [-0.2, -0.15) is 0 Å². The minimum atomic E-state index is -0.199. The monoisotopic (exact) mass is 309 g/mol. The van der Waals surface area contributed by atoms with Crippen molar-refractivity contribution in [2.45, 2.75) is 31.8 Å². The SMILES string of the molecule is CCCN1CCC2(CC1)Nc1ccccc1C(=O)N2C.Cl. The summed E-state index contributed by atoms with van der Waals surface area (Å²) in [4.78, 5) is 17.0. The van der Waals surface area contributed by atoms with Crippen LogP contribution in [0, 0.1) is 0 Å². The van der Waals surface area contributed by atoms with Crippen LogP contribution >= 0.6 is 12.4 Å². The van der Waals surface area contributed by atoms with E-state index in [2.05, 4.69) is 17.1 Å². The van der Waals surface area contributed by atoms with E-state index in [9.17, 15) is 4.79 Å². The van der Waals surface area contributed by atoms with Crippen molar-refractivity contribution in [3.63, 3.8) is 0 Å². The first kappa shape index (κ1) is 16.1. The van der Waals surface area contributed by atoms with Gasteiger partial charge in [-0.3, -0.25) is 4.79 Å². The fourth-order valence-electron chi connectivity index (χ4n) is 3.41. The number of anilines is 1. The van der Waals surface area contributed by atoms with E-state index in [-0.39, 0.29) is 24.0 Å². The Bertz CT molecular complexity index is 512. The number of carbonyl (C=O) groups is 1. The number of fused-ring (bicyclic) bond motifs is 1. The van der Waals surface area contributed by atoms with Crippen molar-refractivity contribution in [2.75, 3.05) is 32.0 Å². The van der Waals surface area contributed by atoms with Gasteiger partial charge in [-0.15, -0.1) is 12.4 Å². The van der Waals surface area contributed by atoms with Gasteiger partial charge in [0.15, 0.2) is 0 Å². The molecule has 3 rings (SSSR count). The molecule has 0 radical (unpaired) electrons. The number of rotatable bonds is 2. The quantitative estimate of drug-likeness (QED) is 0.912. The van der Waals surface area contributed by atoms with Crippen LogP contribution in [0.25, 0.3) is 0 Å². The number of hydrogen-bond acceptors (Lipinski definition) is 3. The molecule has 21 heavy (non-hydrogen) atoms. The Morgan fingerprint density at radius 2 is 1.90 bits per heavy atom. The Balaban J connectivity index is 0.00000161. The number of nitrogens with one attached hydrogen (secondary N) is 1. The molecule has 4 nitrogen and oxygen atoms in total. The summed E-state index contributed by atoms with van der Waals surface area (Å²) >= 11 is 0. The van der Waals surface area contributed by atoms with Crippen LogP contribution in [0.5, 0.6) is 0 Å². The highest BCUT2D eigenvalue weighted by atomic mass is 35.5. The van der Waals surface area contributed by atoms with Crippen LogP contribution in [-0.4, -0.2) is 48.1 Å². The number of para-hydroxylation sites is 1. The Labute approximate surface area is 132 Å². The van der Waals surface area contributed by atoms with E-state index in [0.717, 1.165) is 43.7 Å². The molecule has 0 unspecified atom stereocenters. The number of likely N-dealkylation sites (tertiary alicyclic amines) is 1. The molecule has 1 spiro atoms. The maximum Gasteiger partial charge on any atom is 0.257 e. The van der Waals surface area contributed by atoms with Gasteiger partial charge in [0, 0.05) is 38.7 Å². The van der Waals surface area contributed by atoms with E-state index in [0.29, 0.717) is 0 Å². The summed E-state index contributed by atoms with van der Waals surface area (Å²) in [5.41, 5.74) is 1.58. The summed E-state index contributed by atoms with van der Waals surface area (Å²) in [6.45, 7) is 5.49. The molecule has 1 fully saturated rings. The maximum atomic E-state index is 12.6. The van der Waals surface area contributed by atoms with Crippen LogP contribution in [0.1, 0.15) is 36.5 Å². The Morgan fingerprint density at radius 1 is 1.24 bits per heavy atom. The second-order valence-electron chi connectivity index (χ2n) is 5.91. The van der Waals surface area contributed by atoms with Crippen molar-refractivity contribution in [3.8, 4) is 0 Å². The van der Waals surface area contributed by atoms with Gasteiger partial charge < -0.3 is 15.1 Å². The molecular weight excluding hydrogens is 286 g/mol. The molecule has 1 aromatic carbocycles. The number of amides is 1. The van der Waals surface area contributed by atoms with Crippen molar-refractivity contribution >= 4 is 24.0 Å². The fourth-order valence-corrected chi connectivity index (χ4v) is 3.41. The second-order valence-corrected chi connectivity index (χ2v) is 5.91. The molecule has 5 heteroatoms. The third-order valence-electron chi connectivity index (χ3n) is 4.69. The first-order valence-corrected chi connectivity index (χ1v) is 7.54. The third-order valence-corrected chi connectivity index (χ3v) is 4.69. The van der Waals surface area contributed by atoms with Crippen LogP contribution in [0.2, 0.25) is 0 Å². The number of hydrogen-bond donors (Lipinski definition) is 1. The Morgan fingerprint density at radius 3 is 2.57 bits per heavy atom. The molecule has 2 aliphatic heterocycles. The van der Waals surface area contributed by atoms with Gasteiger partial charge in [0.2, 0.25) is 0 Å². The first-order chi connectivity index (χ1) is 9.66. The molecule has 1 amide bonds. The van der Waals surface area contributed by atoms with Crippen LogP contribution < -0.4 is 5.32 Å². The van der Waals surface area contributed by atoms with Gasteiger partial charge >= 0.3 is 0 Å². The van der Waals surface area contributed by atoms with Crippen LogP contribution in [0.4, 0.5) is 5.69 Å². The Kier molecular flexibility index (Phi) is 4.79. The summed E-state index contributed by atoms with van der Waals surface area (Å²) in [5, 5.41) is 3.63. The number of benzene rings is 1. The topological polar surface area (TPSA) is 35.6 Å². The second kappa shape index (κ2) is 6.24. The standard InChI is InChI=1S/C16H23N3O.ClH/c1-3-10-19-11-8-16(9-12-19)17-14-7-5-4-6-13(14)15(20)18(16)2;/h4-7,17H,3,8-12H2,1-2H3;1H. The zero-order chi connectivity index (χ0) is 14.2. The predicted octanol–water partition coefficient (Wildman–Crippen LogP) is 2.81. The molecular formula is C16H24ClN3O. The van der Waals surface area contributed by atoms with Crippen molar-refractivity contribution < 1.29 is 4.79 Å². The average molecular weight is 310 g/mol. The van der Waals surface area contributed by atoms with Gasteiger partial charge in [0.1, 0.15) is 5.66 Å². The lowest BCUT2D eigenvalue weighted by Crippen LogP contribution is -2.62. The Hall–Kier alpha value is -1.26. The molecule has 2 heterocycles. The van der Waals surface area contributed by atoms with Gasteiger partial charge in [-0.1, -0.05) is 19.1 Å². The van der Waals surface area contributed by atoms with E-state index in [1.165, 1.54) is 6.42 Å². The van der Waals surface area contributed by atoms with E-state index in [1.807, 2.05) is 36.2 Å². The molecule has 0 atom stereocenters. The molecule has 1 aromatic rings. The summed E-state index contributed by atoms with van der Waals surface area (Å²) in [6, 6.07) is 7.83. The normalized spacial score (nSPS) is 20.7. The summed E-state index contributed by atoms with van der Waals surface area (Å²) in [6.07, 6.45) is 3.17. The molecule has 0 bridgehead atoms. The lowest BCUT2D eigenvalue weighted by Gasteiger charge is -2.51. The van der Waals surface area contributed by atoms with Gasteiger partial charge in [0.05, 0.1) is 5.56 Å². The number of halogens is 1. The first-order valence-electron chi connectivity index (χ1n) is 7.54. The molecule has 0 aromatic heterocycles. The lowest BCUT2D eigenvalue weighted by atomic mass is 9.90. The van der Waals surface area contributed by atoms with Crippen molar-refractivity contribution in [1.29, 1.82) is 0 Å². The van der Waals surface area contributed by atoms with Gasteiger partial charge in [-0.05, 0) is 25.1 Å². The molecule has 0 saturated carbocycles. The van der Waals surface area contributed by atoms with E-state index in [4.69, 9.17) is 0 Å². The highest BCUT2D eigenvalue weighted by Crippen LogP contribution is 2.36. The fraction of sp³-hybridized carbons (Fsp3) is 0.562. The summed E-state index contributed by atoms with van der Waals surface area (Å²) in [7, 11) is 1.93. The zero-order valence-electron chi connectivity index (χ0n) is 12.8. The van der Waals surface area contributed by atoms with Gasteiger partial charge in [0.25, 0.3) is 5.91 Å². The molecule has 1 saturated heterocycles. The molecule has 2 aliphatic rings. The van der Waals surface area contributed by atoms with E-state index < -0.39 is 0 Å². The number of nitrogens with zero attached hydrogens (tertiary/aromatic N) is 2. The molecule has 0 aliphatic carbocycles. The highest BCUT2D eigenvalue weighted by molar-refractivity contribution is 6.02. The maximum absolute atomic E-state index is 12.6. The predicted molar refractivity (Wildman–Crippen MR) is 88.1 cm³/mol. The van der Waals surface area contributed by atoms with Crippen molar-refractivity contribution in [1.82, 2.24) is 9.80 Å². The average Bonchev–Trinajstić information content (AvgIpc) is 2.48. The van der Waals surface area contributed by atoms with Crippen molar-refractivity contribution in [2.24, 2.45) is 0 Å². The van der Waals surface area contributed by atoms with Gasteiger partial charge in [-0.25, -0.2) is 0 Å². The zero-order valence-corrected chi connectivity index (χ0v) is 13.6. The van der Waals surface area contributed by atoms with Crippen molar-refractivity contribution in [3.05, 3.63) is 29.8 Å². The molecule has 1 N–H and O–H groups in total. The van der Waals surface area contributed by atoms with Crippen LogP contribution in [0.3, 0.4) is 0 Å². The van der Waals surface area contributed by atoms with E-state index in [1.54, 1.807) is 0 Å². The van der Waals surface area contributed by atoms with E-state index >= 15 is 0 Å². The minimum Gasteiger partial charge on any atom is -0.362 e. The minimum absolute atomic E-state index is 0. The smallest absolute Gasteiger partial charge is 0.257 e. The third kappa shape index (κ3) is 2.74. The van der Waals surface area contributed by atoms with Crippen LogP contribution in [0.15, 0.2) is 24.3 Å². The number of piperidine rings is 1. The highest BCUT2D eigenvalue weighted by Gasteiger charge is 2.44. The van der Waals surface area contributed by atoms with Crippen LogP contribution in [-0.2, 0) is 0 Å².